The van der Waals surface area contributed by atoms with Crippen molar-refractivity contribution in [1.29, 1.82) is 0 Å². The van der Waals surface area contributed by atoms with E-state index in [-0.39, 0.29) is 11.7 Å². The molecule has 0 atom stereocenters. The first-order chi connectivity index (χ1) is 12.2. The van der Waals surface area contributed by atoms with Crippen molar-refractivity contribution < 1.29 is 9.18 Å². The van der Waals surface area contributed by atoms with Gasteiger partial charge in [0, 0.05) is 38.4 Å². The van der Waals surface area contributed by atoms with Crippen molar-refractivity contribution in [2.24, 2.45) is 0 Å². The number of aryl methyl sites for hydroxylation is 1. The summed E-state index contributed by atoms with van der Waals surface area (Å²) in [5.41, 5.74) is 2.73. The molecule has 25 heavy (non-hydrogen) atoms. The minimum atomic E-state index is -0.209. The Hall–Kier alpha value is -2.21. The Balaban J connectivity index is 1.60. The smallest absolute Gasteiger partial charge is 0.257 e. The van der Waals surface area contributed by atoms with Crippen molar-refractivity contribution in [3.05, 3.63) is 53.1 Å². The Morgan fingerprint density at radius 3 is 2.76 bits per heavy atom. The molecular formula is C19H25FN4O. The topological polar surface area (TPSA) is 52.2 Å². The van der Waals surface area contributed by atoms with E-state index in [1.165, 1.54) is 12.1 Å². The van der Waals surface area contributed by atoms with Gasteiger partial charge in [-0.15, -0.1) is 0 Å². The van der Waals surface area contributed by atoms with E-state index in [4.69, 9.17) is 0 Å². The summed E-state index contributed by atoms with van der Waals surface area (Å²) in [6.45, 7) is 6.11. The lowest BCUT2D eigenvalue weighted by molar-refractivity contribution is 0.0760. The number of aromatic nitrogens is 2. The Labute approximate surface area is 147 Å². The van der Waals surface area contributed by atoms with Gasteiger partial charge >= 0.3 is 0 Å². The SMILES string of the molecule is CCCc1[nH]ncc1C(=O)N1CCCN(Cc2ccc(F)cc2)CC1. The Bertz CT molecular complexity index is 698. The zero-order valence-corrected chi connectivity index (χ0v) is 14.7. The van der Waals surface area contributed by atoms with Gasteiger partial charge in [0.15, 0.2) is 0 Å². The van der Waals surface area contributed by atoms with Gasteiger partial charge in [0.25, 0.3) is 5.91 Å². The van der Waals surface area contributed by atoms with Crippen molar-refractivity contribution in [3.8, 4) is 0 Å². The number of nitrogens with one attached hydrogen (secondary N) is 1. The second kappa shape index (κ2) is 8.25. The molecule has 0 unspecified atom stereocenters. The molecule has 1 aromatic carbocycles. The van der Waals surface area contributed by atoms with Crippen molar-refractivity contribution in [2.75, 3.05) is 26.2 Å². The fourth-order valence-electron chi connectivity index (χ4n) is 3.29. The van der Waals surface area contributed by atoms with Crippen LogP contribution in [0.15, 0.2) is 30.5 Å². The van der Waals surface area contributed by atoms with Gasteiger partial charge in [-0.1, -0.05) is 25.5 Å². The standard InChI is InChI=1S/C19H25FN4O/c1-2-4-18-17(13-21-22-18)19(25)24-10-3-9-23(11-12-24)14-15-5-7-16(20)8-6-15/h5-8,13H,2-4,9-12,14H2,1H3,(H,21,22). The quantitative estimate of drug-likeness (QED) is 0.907. The summed E-state index contributed by atoms with van der Waals surface area (Å²) < 4.78 is 13.0. The lowest BCUT2D eigenvalue weighted by Crippen LogP contribution is -2.35. The third-order valence-corrected chi connectivity index (χ3v) is 4.64. The molecule has 0 bridgehead atoms. The van der Waals surface area contributed by atoms with Crippen LogP contribution < -0.4 is 0 Å². The Morgan fingerprint density at radius 2 is 2.00 bits per heavy atom. The molecular weight excluding hydrogens is 319 g/mol. The highest BCUT2D eigenvalue weighted by Gasteiger charge is 2.23. The molecule has 6 heteroatoms. The van der Waals surface area contributed by atoms with E-state index in [0.717, 1.165) is 56.7 Å². The molecule has 5 nitrogen and oxygen atoms in total. The van der Waals surface area contributed by atoms with Gasteiger partial charge in [0.2, 0.25) is 0 Å². The third-order valence-electron chi connectivity index (χ3n) is 4.64. The van der Waals surface area contributed by atoms with Crippen LogP contribution in [0.3, 0.4) is 0 Å². The first-order valence-corrected chi connectivity index (χ1v) is 8.95. The van der Waals surface area contributed by atoms with Crippen LogP contribution in [0, 0.1) is 5.82 Å². The van der Waals surface area contributed by atoms with E-state index >= 15 is 0 Å². The number of nitrogens with zero attached hydrogens (tertiary/aromatic N) is 3. The molecule has 1 amide bonds. The Kier molecular flexibility index (Phi) is 5.81. The predicted molar refractivity (Wildman–Crippen MR) is 94.8 cm³/mol. The normalized spacial score (nSPS) is 16.0. The molecule has 0 saturated carbocycles. The van der Waals surface area contributed by atoms with E-state index in [9.17, 15) is 9.18 Å². The van der Waals surface area contributed by atoms with Gasteiger partial charge in [-0.3, -0.25) is 14.8 Å². The van der Waals surface area contributed by atoms with Gasteiger partial charge < -0.3 is 4.90 Å². The molecule has 1 aromatic heterocycles. The summed E-state index contributed by atoms with van der Waals surface area (Å²) in [5, 5.41) is 6.99. The summed E-state index contributed by atoms with van der Waals surface area (Å²) in [4.78, 5) is 17.1. The fraction of sp³-hybridized carbons (Fsp3) is 0.474. The maximum absolute atomic E-state index is 13.0. The molecule has 1 saturated heterocycles. The van der Waals surface area contributed by atoms with Crippen LogP contribution in [-0.4, -0.2) is 52.1 Å². The molecule has 134 valence electrons. The lowest BCUT2D eigenvalue weighted by Gasteiger charge is -2.22. The maximum Gasteiger partial charge on any atom is 0.257 e. The second-order valence-electron chi connectivity index (χ2n) is 6.56. The lowest BCUT2D eigenvalue weighted by atomic mass is 10.1. The molecule has 0 radical (unpaired) electrons. The van der Waals surface area contributed by atoms with E-state index in [1.54, 1.807) is 6.20 Å². The monoisotopic (exact) mass is 344 g/mol. The van der Waals surface area contributed by atoms with E-state index in [0.29, 0.717) is 12.1 Å². The molecule has 1 aliphatic heterocycles. The van der Waals surface area contributed by atoms with E-state index in [1.807, 2.05) is 17.0 Å². The summed E-state index contributed by atoms with van der Waals surface area (Å²) >= 11 is 0. The second-order valence-corrected chi connectivity index (χ2v) is 6.56. The highest BCUT2D eigenvalue weighted by atomic mass is 19.1. The zero-order valence-electron chi connectivity index (χ0n) is 14.7. The number of halogens is 1. The van der Waals surface area contributed by atoms with Gasteiger partial charge in [0.1, 0.15) is 5.82 Å². The highest BCUT2D eigenvalue weighted by molar-refractivity contribution is 5.95. The average molecular weight is 344 g/mol. The molecule has 2 aromatic rings. The molecule has 0 spiro atoms. The van der Waals surface area contributed by atoms with Crippen LogP contribution in [0.4, 0.5) is 4.39 Å². The first-order valence-electron chi connectivity index (χ1n) is 8.95. The van der Waals surface area contributed by atoms with Gasteiger partial charge in [-0.2, -0.15) is 5.10 Å². The number of carbonyl (C=O) groups is 1. The van der Waals surface area contributed by atoms with Crippen LogP contribution >= 0.6 is 0 Å². The van der Waals surface area contributed by atoms with Gasteiger partial charge in [-0.05, 0) is 30.5 Å². The molecule has 1 N–H and O–H groups in total. The Morgan fingerprint density at radius 1 is 1.20 bits per heavy atom. The number of benzene rings is 1. The summed E-state index contributed by atoms with van der Waals surface area (Å²) in [6, 6.07) is 6.64. The summed E-state index contributed by atoms with van der Waals surface area (Å²) in [7, 11) is 0. The van der Waals surface area contributed by atoms with Crippen molar-refractivity contribution in [3.63, 3.8) is 0 Å². The minimum absolute atomic E-state index is 0.0702. The van der Waals surface area contributed by atoms with Crippen LogP contribution in [0.2, 0.25) is 0 Å². The average Bonchev–Trinajstić information content (AvgIpc) is 2.95. The number of aromatic amines is 1. The number of hydrogen-bond acceptors (Lipinski definition) is 3. The summed E-state index contributed by atoms with van der Waals surface area (Å²) in [6.07, 6.45) is 4.40. The zero-order chi connectivity index (χ0) is 17.6. The van der Waals surface area contributed by atoms with Crippen molar-refractivity contribution in [1.82, 2.24) is 20.0 Å². The number of hydrogen-bond donors (Lipinski definition) is 1. The van der Waals surface area contributed by atoms with Gasteiger partial charge in [-0.25, -0.2) is 4.39 Å². The van der Waals surface area contributed by atoms with Crippen molar-refractivity contribution >= 4 is 5.91 Å². The number of amides is 1. The third kappa shape index (κ3) is 4.45. The molecule has 0 aliphatic carbocycles. The molecule has 2 heterocycles. The fourth-order valence-corrected chi connectivity index (χ4v) is 3.29. The minimum Gasteiger partial charge on any atom is -0.337 e. The van der Waals surface area contributed by atoms with Crippen LogP contribution in [0.25, 0.3) is 0 Å². The van der Waals surface area contributed by atoms with Crippen LogP contribution in [0.5, 0.6) is 0 Å². The largest absolute Gasteiger partial charge is 0.337 e. The van der Waals surface area contributed by atoms with E-state index in [2.05, 4.69) is 22.0 Å². The first kappa shape index (κ1) is 17.6. The van der Waals surface area contributed by atoms with Gasteiger partial charge in [0.05, 0.1) is 11.8 Å². The van der Waals surface area contributed by atoms with Crippen molar-refractivity contribution in [2.45, 2.75) is 32.7 Å². The predicted octanol–water partition coefficient (Wildman–Crippen LogP) is 2.85. The number of rotatable bonds is 5. The van der Waals surface area contributed by atoms with Crippen LogP contribution in [-0.2, 0) is 13.0 Å². The number of carbonyl (C=O) groups excluding carboxylic acids is 1. The molecule has 3 rings (SSSR count). The van der Waals surface area contributed by atoms with Crippen LogP contribution in [0.1, 0.15) is 41.4 Å². The maximum atomic E-state index is 13.0. The summed E-state index contributed by atoms with van der Waals surface area (Å²) in [5.74, 6) is -0.139. The van der Waals surface area contributed by atoms with E-state index < -0.39 is 0 Å². The molecule has 1 fully saturated rings. The number of H-pyrrole nitrogens is 1. The highest BCUT2D eigenvalue weighted by Crippen LogP contribution is 2.15. The molecule has 1 aliphatic rings.